The van der Waals surface area contributed by atoms with Gasteiger partial charge in [-0.05, 0) is 78.6 Å². The van der Waals surface area contributed by atoms with Crippen LogP contribution in [-0.2, 0) is 34.4 Å². The Morgan fingerprint density at radius 3 is 1.49 bits per heavy atom. The highest BCUT2D eigenvalue weighted by atomic mass is 32.2. The number of esters is 2. The lowest BCUT2D eigenvalue weighted by Gasteiger charge is -2.19. The second kappa shape index (κ2) is 17.0. The van der Waals surface area contributed by atoms with E-state index in [2.05, 4.69) is 4.18 Å². The Kier molecular flexibility index (Phi) is 14.8. The van der Waals surface area contributed by atoms with Gasteiger partial charge in [0.05, 0.1) is 24.4 Å². The Morgan fingerprint density at radius 2 is 1.16 bits per heavy atom. The highest BCUT2D eigenvalue weighted by Crippen LogP contribution is 2.22. The highest BCUT2D eigenvalue weighted by Gasteiger charge is 2.39. The third-order valence-corrected chi connectivity index (χ3v) is 7.09. The second-order valence-corrected chi connectivity index (χ2v) is 13.7. The van der Waals surface area contributed by atoms with Crippen molar-refractivity contribution >= 4 is 44.2 Å². The maximum atomic E-state index is 12.2. The van der Waals surface area contributed by atoms with Crippen LogP contribution in [0.3, 0.4) is 0 Å². The van der Waals surface area contributed by atoms with Gasteiger partial charge in [-0.25, -0.2) is 9.59 Å². The first kappa shape index (κ1) is 39.2. The van der Waals surface area contributed by atoms with Gasteiger partial charge in [-0.2, -0.15) is 8.42 Å². The fourth-order valence-electron chi connectivity index (χ4n) is 3.55. The summed E-state index contributed by atoms with van der Waals surface area (Å²) in [6, 6.07) is 12.0. The molecule has 0 aromatic heterocycles. The molecule has 0 spiro atoms. The molecule has 1 aliphatic heterocycles. The zero-order valence-electron chi connectivity index (χ0n) is 25.8. The lowest BCUT2D eigenvalue weighted by Crippen LogP contribution is -2.26. The number of halogens is 1. The van der Waals surface area contributed by atoms with Crippen molar-refractivity contribution in [3.05, 3.63) is 70.8 Å². The van der Waals surface area contributed by atoms with Crippen LogP contribution >= 0.6 is 0 Å². The van der Waals surface area contributed by atoms with Gasteiger partial charge in [0.2, 0.25) is 0 Å². The molecule has 0 saturated carbocycles. The summed E-state index contributed by atoms with van der Waals surface area (Å²) < 4.78 is 75.5. The van der Waals surface area contributed by atoms with E-state index in [4.69, 9.17) is 22.1 Å². The van der Waals surface area contributed by atoms with Gasteiger partial charge in [-0.15, -0.1) is 12.6 Å². The van der Waals surface area contributed by atoms with Gasteiger partial charge < -0.3 is 9.47 Å². The number of rotatable bonds is 8. The minimum Gasteiger partial charge on any atom is -0.456 e. The van der Waals surface area contributed by atoms with Gasteiger partial charge in [0.15, 0.2) is 16.8 Å². The van der Waals surface area contributed by atoms with Gasteiger partial charge in [0.25, 0.3) is 10.1 Å². The standard InChI is InChI=1S/C15H19FO3.C15H18O6S.O3S/c1-15(2,3)19-14(18)12-8-6-11(7-9-12)13(17)5-4-10-16;1-15(2,3)21-14(17)11-6-4-10(5-7-11)13(16)12-8-9-20-22(12,18)19;1-4(2)3/h6-9H,4-5,10H2,1-3H3;4-7,12H,8-9H2,1-3H3;. The van der Waals surface area contributed by atoms with Crippen molar-refractivity contribution in [3.63, 3.8) is 0 Å². The van der Waals surface area contributed by atoms with Crippen molar-refractivity contribution in [2.75, 3.05) is 13.3 Å². The maximum absolute atomic E-state index is 12.2. The smallest absolute Gasteiger partial charge is 0.425 e. The number of ether oxygens (including phenoxy) is 2. The SMILES string of the molecule is CC(C)(C)OC(=O)c1ccc(C(=O)C2CCOS2(=O)=O)cc1.CC(C)(C)OC(=O)c1ccc(C(=O)CCCF)cc1.O=S(=O)=O. The molecule has 2 aromatic carbocycles. The summed E-state index contributed by atoms with van der Waals surface area (Å²) in [6.45, 7) is 10.2. The molecule has 0 bridgehead atoms. The van der Waals surface area contributed by atoms with Crippen LogP contribution in [0.1, 0.15) is 102 Å². The average Bonchev–Trinajstić information content (AvgIpc) is 3.28. The van der Waals surface area contributed by atoms with E-state index in [0.717, 1.165) is 0 Å². The molecule has 1 saturated heterocycles. The molecule has 0 N–H and O–H groups in total. The molecule has 0 aliphatic carbocycles. The number of alkyl halides is 1. The molecular weight excluding hydrogens is 635 g/mol. The predicted octanol–water partition coefficient (Wildman–Crippen LogP) is 4.51. The third kappa shape index (κ3) is 14.7. The number of hydrogen-bond acceptors (Lipinski definition) is 12. The molecule has 15 heteroatoms. The molecule has 0 radical (unpaired) electrons. The van der Waals surface area contributed by atoms with Crippen LogP contribution in [0.15, 0.2) is 48.5 Å². The first-order valence-electron chi connectivity index (χ1n) is 13.6. The van der Waals surface area contributed by atoms with Crippen molar-refractivity contribution in [1.82, 2.24) is 0 Å². The van der Waals surface area contributed by atoms with E-state index in [0.29, 0.717) is 16.7 Å². The topological polar surface area (TPSA) is 181 Å². The summed E-state index contributed by atoms with van der Waals surface area (Å²) in [5, 5.41) is -1.17. The third-order valence-electron chi connectivity index (χ3n) is 5.45. The normalized spacial score (nSPS) is 15.3. The molecule has 45 heavy (non-hydrogen) atoms. The largest absolute Gasteiger partial charge is 0.456 e. The summed E-state index contributed by atoms with van der Waals surface area (Å²) in [7, 11) is -6.94. The Balaban J connectivity index is 0.000000406. The Labute approximate surface area is 263 Å². The number of Topliss-reactive ketones (excluding diaryl/α,β-unsaturated/α-hetero) is 2. The van der Waals surface area contributed by atoms with Gasteiger partial charge in [0.1, 0.15) is 11.2 Å². The number of carbonyl (C=O) groups excluding carboxylic acids is 4. The number of ketones is 2. The summed E-state index contributed by atoms with van der Waals surface area (Å²) in [5.41, 5.74) is 0.259. The summed E-state index contributed by atoms with van der Waals surface area (Å²) >= 11 is 0. The number of hydrogen-bond donors (Lipinski definition) is 0. The molecule has 1 heterocycles. The van der Waals surface area contributed by atoms with Crippen molar-refractivity contribution < 1.29 is 58.3 Å². The van der Waals surface area contributed by atoms with Crippen LogP contribution in [0.4, 0.5) is 4.39 Å². The van der Waals surface area contributed by atoms with E-state index in [1.807, 2.05) is 0 Å². The van der Waals surface area contributed by atoms with E-state index < -0.39 is 61.6 Å². The lowest BCUT2D eigenvalue weighted by atomic mass is 10.0. The van der Waals surface area contributed by atoms with Gasteiger partial charge >= 0.3 is 22.5 Å². The molecule has 248 valence electrons. The van der Waals surface area contributed by atoms with Crippen LogP contribution in [0, 0.1) is 0 Å². The van der Waals surface area contributed by atoms with E-state index in [1.54, 1.807) is 65.8 Å². The van der Waals surface area contributed by atoms with Gasteiger partial charge in [-0.3, -0.25) is 18.2 Å². The molecule has 1 unspecified atom stereocenters. The van der Waals surface area contributed by atoms with Crippen molar-refractivity contribution in [2.24, 2.45) is 0 Å². The van der Waals surface area contributed by atoms with Crippen LogP contribution in [0.2, 0.25) is 0 Å². The fraction of sp³-hybridized carbons (Fsp3) is 0.467. The molecule has 0 amide bonds. The molecular formula is C30H37FO12S2. The van der Waals surface area contributed by atoms with Crippen LogP contribution < -0.4 is 0 Å². The second-order valence-electron chi connectivity index (χ2n) is 11.5. The molecule has 1 fully saturated rings. The number of carbonyl (C=O) groups is 4. The van der Waals surface area contributed by atoms with Crippen LogP contribution in [0.25, 0.3) is 0 Å². The zero-order valence-corrected chi connectivity index (χ0v) is 27.5. The van der Waals surface area contributed by atoms with E-state index in [-0.39, 0.29) is 37.2 Å². The van der Waals surface area contributed by atoms with Crippen LogP contribution in [0.5, 0.6) is 0 Å². The summed E-state index contributed by atoms with van der Waals surface area (Å²) in [5.74, 6) is -1.56. The fourth-order valence-corrected chi connectivity index (χ4v) is 4.83. The van der Waals surface area contributed by atoms with Gasteiger partial charge in [0, 0.05) is 17.5 Å². The number of benzene rings is 2. The van der Waals surface area contributed by atoms with Crippen molar-refractivity contribution in [2.45, 2.75) is 77.3 Å². The quantitative estimate of drug-likeness (QED) is 0.218. The summed E-state index contributed by atoms with van der Waals surface area (Å²) in [4.78, 5) is 47.5. The Hall–Kier alpha value is -3.82. The Morgan fingerprint density at radius 1 is 0.778 bits per heavy atom. The average molecular weight is 673 g/mol. The van der Waals surface area contributed by atoms with E-state index in [9.17, 15) is 32.0 Å². The van der Waals surface area contributed by atoms with E-state index >= 15 is 0 Å². The minimum atomic E-state index is -3.83. The first-order chi connectivity index (χ1) is 20.7. The molecule has 12 nitrogen and oxygen atoms in total. The monoisotopic (exact) mass is 672 g/mol. The van der Waals surface area contributed by atoms with E-state index in [1.165, 1.54) is 24.3 Å². The zero-order chi connectivity index (χ0) is 34.6. The van der Waals surface area contributed by atoms with Crippen molar-refractivity contribution in [1.29, 1.82) is 0 Å². The van der Waals surface area contributed by atoms with Crippen molar-refractivity contribution in [3.8, 4) is 0 Å². The Bertz CT molecular complexity index is 1550. The maximum Gasteiger partial charge on any atom is 0.425 e. The molecule has 1 atom stereocenters. The predicted molar refractivity (Wildman–Crippen MR) is 160 cm³/mol. The summed E-state index contributed by atoms with van der Waals surface area (Å²) in [6.07, 6.45) is 0.559. The highest BCUT2D eigenvalue weighted by molar-refractivity contribution is 7.88. The van der Waals surface area contributed by atoms with Crippen LogP contribution in [-0.4, -0.2) is 74.3 Å². The molecule has 2 aromatic rings. The minimum absolute atomic E-state index is 0.0226. The molecule has 1 aliphatic rings. The first-order valence-corrected chi connectivity index (χ1v) is 16.1. The van der Waals surface area contributed by atoms with Gasteiger partial charge in [-0.1, -0.05) is 24.3 Å². The molecule has 3 rings (SSSR count). The lowest BCUT2D eigenvalue weighted by molar-refractivity contribution is 0.00570.